The number of hydrogen-bond donors (Lipinski definition) is 1. The van der Waals surface area contributed by atoms with E-state index in [0.29, 0.717) is 17.0 Å². The zero-order valence-electron chi connectivity index (χ0n) is 10.8. The number of piperidine rings is 1. The highest BCUT2D eigenvalue weighted by Crippen LogP contribution is 2.22. The second-order valence-corrected chi connectivity index (χ2v) is 4.59. The number of nitrogens with two attached hydrogens (primary N) is 1. The van der Waals surface area contributed by atoms with E-state index in [1.54, 1.807) is 18.2 Å². The molecule has 1 aromatic rings. The molecule has 1 aromatic carbocycles. The van der Waals surface area contributed by atoms with Crippen LogP contribution in [-0.4, -0.2) is 30.5 Å². The van der Waals surface area contributed by atoms with Crippen molar-refractivity contribution in [3.8, 4) is 11.8 Å². The molecule has 1 amide bonds. The Labute approximate surface area is 112 Å². The molecule has 100 valence electrons. The number of carbonyl (C=O) groups is 1. The summed E-state index contributed by atoms with van der Waals surface area (Å²) in [4.78, 5) is 13.7. The number of rotatable bonds is 3. The van der Waals surface area contributed by atoms with Crippen molar-refractivity contribution in [3.63, 3.8) is 0 Å². The number of benzene rings is 1. The lowest BCUT2D eigenvalue weighted by molar-refractivity contribution is -0.134. The Hall–Kier alpha value is -2.22. The van der Waals surface area contributed by atoms with E-state index in [0.717, 1.165) is 25.9 Å². The van der Waals surface area contributed by atoms with E-state index in [9.17, 15) is 4.79 Å². The molecule has 1 fully saturated rings. The molecule has 2 N–H and O–H groups in total. The molecular formula is C14H17N3O2. The largest absolute Gasteiger partial charge is 0.482 e. The number of nitriles is 1. The Morgan fingerprint density at radius 1 is 1.37 bits per heavy atom. The van der Waals surface area contributed by atoms with E-state index in [-0.39, 0.29) is 12.5 Å². The summed E-state index contributed by atoms with van der Waals surface area (Å²) in [6, 6.07) is 6.79. The van der Waals surface area contributed by atoms with Crippen molar-refractivity contribution in [2.45, 2.75) is 19.3 Å². The van der Waals surface area contributed by atoms with Gasteiger partial charge < -0.3 is 15.4 Å². The van der Waals surface area contributed by atoms with E-state index < -0.39 is 0 Å². The van der Waals surface area contributed by atoms with Gasteiger partial charge in [0.2, 0.25) is 0 Å². The second kappa shape index (κ2) is 6.10. The third-order valence-electron chi connectivity index (χ3n) is 3.20. The van der Waals surface area contributed by atoms with Gasteiger partial charge in [0.05, 0.1) is 17.3 Å². The highest BCUT2D eigenvalue weighted by Gasteiger charge is 2.17. The minimum absolute atomic E-state index is 0.00387. The highest BCUT2D eigenvalue weighted by atomic mass is 16.5. The Morgan fingerprint density at radius 3 is 2.74 bits per heavy atom. The van der Waals surface area contributed by atoms with Crippen LogP contribution in [0.15, 0.2) is 18.2 Å². The van der Waals surface area contributed by atoms with Gasteiger partial charge in [0, 0.05) is 13.1 Å². The predicted molar refractivity (Wildman–Crippen MR) is 71.5 cm³/mol. The monoisotopic (exact) mass is 259 g/mol. The van der Waals surface area contributed by atoms with Gasteiger partial charge in [-0.2, -0.15) is 5.26 Å². The van der Waals surface area contributed by atoms with Crippen LogP contribution in [0.3, 0.4) is 0 Å². The van der Waals surface area contributed by atoms with Gasteiger partial charge >= 0.3 is 0 Å². The van der Waals surface area contributed by atoms with Crippen LogP contribution >= 0.6 is 0 Å². The quantitative estimate of drug-likeness (QED) is 0.835. The zero-order chi connectivity index (χ0) is 13.7. The first-order valence-electron chi connectivity index (χ1n) is 6.41. The molecule has 1 aliphatic rings. The molecule has 1 heterocycles. The molecule has 5 nitrogen and oxygen atoms in total. The molecule has 2 rings (SSSR count). The van der Waals surface area contributed by atoms with Crippen LogP contribution in [0.25, 0.3) is 0 Å². The first-order valence-corrected chi connectivity index (χ1v) is 6.41. The minimum atomic E-state index is -0.0107. The molecule has 0 bridgehead atoms. The lowest BCUT2D eigenvalue weighted by Gasteiger charge is -2.26. The van der Waals surface area contributed by atoms with Crippen molar-refractivity contribution in [1.29, 1.82) is 5.26 Å². The van der Waals surface area contributed by atoms with Gasteiger partial charge in [-0.3, -0.25) is 4.79 Å². The fourth-order valence-electron chi connectivity index (χ4n) is 2.12. The van der Waals surface area contributed by atoms with Gasteiger partial charge in [0.15, 0.2) is 6.61 Å². The molecule has 0 aromatic heterocycles. The number of amides is 1. The average molecular weight is 259 g/mol. The van der Waals surface area contributed by atoms with E-state index in [1.165, 1.54) is 6.42 Å². The molecule has 0 atom stereocenters. The standard InChI is InChI=1S/C14H17N3O2/c15-9-11-4-5-13(12(16)8-11)19-10-14(18)17-6-2-1-3-7-17/h4-5,8H,1-3,6-7,10,16H2. The summed E-state index contributed by atoms with van der Waals surface area (Å²) in [5.41, 5.74) is 6.62. The molecule has 0 radical (unpaired) electrons. The fourth-order valence-corrected chi connectivity index (χ4v) is 2.12. The number of ether oxygens (including phenoxy) is 1. The molecule has 19 heavy (non-hydrogen) atoms. The molecule has 0 saturated carbocycles. The number of nitrogen functional groups attached to an aromatic ring is 1. The maximum atomic E-state index is 11.9. The molecule has 0 aliphatic carbocycles. The summed E-state index contributed by atoms with van der Waals surface area (Å²) < 4.78 is 5.43. The van der Waals surface area contributed by atoms with Gasteiger partial charge in [-0.05, 0) is 37.5 Å². The lowest BCUT2D eigenvalue weighted by atomic mass is 10.1. The predicted octanol–water partition coefficient (Wildman–Crippen LogP) is 1.53. The number of carbonyl (C=O) groups excluding carboxylic acids is 1. The molecule has 1 saturated heterocycles. The van der Waals surface area contributed by atoms with Crippen molar-refractivity contribution in [2.24, 2.45) is 0 Å². The second-order valence-electron chi connectivity index (χ2n) is 4.59. The molecule has 1 aliphatic heterocycles. The SMILES string of the molecule is N#Cc1ccc(OCC(=O)N2CCCCC2)c(N)c1. The Balaban J connectivity index is 1.91. The van der Waals surface area contributed by atoms with Crippen LogP contribution in [0, 0.1) is 11.3 Å². The van der Waals surface area contributed by atoms with Crippen molar-refractivity contribution in [2.75, 3.05) is 25.4 Å². The van der Waals surface area contributed by atoms with Gasteiger partial charge in [-0.15, -0.1) is 0 Å². The molecule has 0 spiro atoms. The van der Waals surface area contributed by atoms with Crippen LogP contribution in [0.2, 0.25) is 0 Å². The van der Waals surface area contributed by atoms with E-state index >= 15 is 0 Å². The first kappa shape index (κ1) is 13.2. The topological polar surface area (TPSA) is 79.3 Å². The van der Waals surface area contributed by atoms with Crippen molar-refractivity contribution >= 4 is 11.6 Å². The van der Waals surface area contributed by atoms with Crippen LogP contribution in [0.5, 0.6) is 5.75 Å². The molecule has 0 unspecified atom stereocenters. The lowest BCUT2D eigenvalue weighted by Crippen LogP contribution is -2.38. The maximum Gasteiger partial charge on any atom is 0.260 e. The number of nitrogens with zero attached hydrogens (tertiary/aromatic N) is 2. The Kier molecular flexibility index (Phi) is 4.24. The van der Waals surface area contributed by atoms with Gasteiger partial charge in [-0.25, -0.2) is 0 Å². The van der Waals surface area contributed by atoms with E-state index in [1.807, 2.05) is 11.0 Å². The molecule has 5 heteroatoms. The fraction of sp³-hybridized carbons (Fsp3) is 0.429. The van der Waals surface area contributed by atoms with Crippen LogP contribution in [0.4, 0.5) is 5.69 Å². The van der Waals surface area contributed by atoms with E-state index in [2.05, 4.69) is 0 Å². The first-order chi connectivity index (χ1) is 9.20. The van der Waals surface area contributed by atoms with Crippen LogP contribution < -0.4 is 10.5 Å². The van der Waals surface area contributed by atoms with Gasteiger partial charge in [-0.1, -0.05) is 0 Å². The smallest absolute Gasteiger partial charge is 0.260 e. The maximum absolute atomic E-state index is 11.9. The van der Waals surface area contributed by atoms with E-state index in [4.69, 9.17) is 15.7 Å². The van der Waals surface area contributed by atoms with Crippen LogP contribution in [-0.2, 0) is 4.79 Å². The normalized spacial score (nSPS) is 14.8. The van der Waals surface area contributed by atoms with Crippen molar-refractivity contribution < 1.29 is 9.53 Å². The average Bonchev–Trinajstić information content (AvgIpc) is 2.46. The number of anilines is 1. The summed E-state index contributed by atoms with van der Waals surface area (Å²) >= 11 is 0. The summed E-state index contributed by atoms with van der Waals surface area (Å²) in [6.07, 6.45) is 3.31. The molecular weight excluding hydrogens is 242 g/mol. The number of likely N-dealkylation sites (tertiary alicyclic amines) is 1. The van der Waals surface area contributed by atoms with Gasteiger partial charge in [0.1, 0.15) is 5.75 Å². The summed E-state index contributed by atoms with van der Waals surface area (Å²) in [7, 11) is 0. The highest BCUT2D eigenvalue weighted by molar-refractivity contribution is 5.78. The van der Waals surface area contributed by atoms with Crippen LogP contribution in [0.1, 0.15) is 24.8 Å². The summed E-state index contributed by atoms with van der Waals surface area (Å²) in [5.74, 6) is 0.438. The van der Waals surface area contributed by atoms with Crippen molar-refractivity contribution in [1.82, 2.24) is 4.90 Å². The van der Waals surface area contributed by atoms with Gasteiger partial charge in [0.25, 0.3) is 5.91 Å². The zero-order valence-corrected chi connectivity index (χ0v) is 10.8. The minimum Gasteiger partial charge on any atom is -0.482 e. The third kappa shape index (κ3) is 3.38. The summed E-state index contributed by atoms with van der Waals surface area (Å²) in [5, 5.41) is 8.73. The van der Waals surface area contributed by atoms with Crippen molar-refractivity contribution in [3.05, 3.63) is 23.8 Å². The Morgan fingerprint density at radius 2 is 2.11 bits per heavy atom. The Bertz CT molecular complexity index is 502. The summed E-state index contributed by atoms with van der Waals surface area (Å²) in [6.45, 7) is 1.62. The number of hydrogen-bond acceptors (Lipinski definition) is 4. The third-order valence-corrected chi connectivity index (χ3v) is 3.20.